The largest absolute Gasteiger partial charge is 0.283 e. The first-order chi connectivity index (χ1) is 6.43. The Morgan fingerprint density at radius 2 is 2.07 bits per heavy atom. The first kappa shape index (κ1) is 11.3. The van der Waals surface area contributed by atoms with Crippen molar-refractivity contribution in [3.63, 3.8) is 0 Å². The maximum absolute atomic E-state index is 12.9. The van der Waals surface area contributed by atoms with Gasteiger partial charge in [0, 0.05) is 0 Å². The molecule has 0 radical (unpaired) electrons. The highest BCUT2D eigenvalue weighted by atomic mass is 35.5. The van der Waals surface area contributed by atoms with Gasteiger partial charge in [0.1, 0.15) is 11.4 Å². The normalized spacial score (nSPS) is 10.7. The van der Waals surface area contributed by atoms with Crippen LogP contribution in [0.25, 0.3) is 0 Å². The first-order valence-corrected chi connectivity index (χ1v) is 4.03. The summed E-state index contributed by atoms with van der Waals surface area (Å²) in [6, 6.07) is 0.790. The Kier molecular flexibility index (Phi) is 3.34. The average Bonchev–Trinajstić information content (AvgIpc) is 2.08. The monoisotopic (exact) mass is 243 g/mol. The van der Waals surface area contributed by atoms with Gasteiger partial charge < -0.3 is 0 Å². The van der Waals surface area contributed by atoms with Crippen molar-refractivity contribution >= 4 is 28.4 Å². The second-order valence-corrected chi connectivity index (χ2v) is 3.01. The number of carbonyl (C=O) groups is 1. The number of alkyl halides is 2. The van der Waals surface area contributed by atoms with Crippen molar-refractivity contribution in [2.75, 3.05) is 0 Å². The first-order valence-electron chi connectivity index (χ1n) is 3.27. The van der Waals surface area contributed by atoms with Gasteiger partial charge in [0.25, 0.3) is 11.7 Å². The summed E-state index contributed by atoms with van der Waals surface area (Å²) in [4.78, 5) is 13.6. The molecule has 0 unspecified atom stereocenters. The summed E-state index contributed by atoms with van der Waals surface area (Å²) in [7, 11) is 0. The maximum atomic E-state index is 12.9. The van der Waals surface area contributed by atoms with E-state index in [1.165, 1.54) is 0 Å². The Hall–Kier alpha value is -0.810. The van der Waals surface area contributed by atoms with Crippen LogP contribution < -0.4 is 0 Å². The predicted molar refractivity (Wildman–Crippen MR) is 44.3 cm³/mol. The quantitative estimate of drug-likeness (QED) is 0.747. The maximum Gasteiger partial charge on any atom is 0.283 e. The van der Waals surface area contributed by atoms with Gasteiger partial charge in [-0.3, -0.25) is 4.79 Å². The van der Waals surface area contributed by atoms with Crippen LogP contribution in [0.4, 0.5) is 13.2 Å². The molecule has 1 aromatic rings. The summed E-state index contributed by atoms with van der Waals surface area (Å²) in [5.74, 6) is -1.34. The molecule has 0 atom stereocenters. The van der Waals surface area contributed by atoms with Crippen LogP contribution in [0.2, 0.25) is 5.02 Å². The highest BCUT2D eigenvalue weighted by molar-refractivity contribution is 6.67. The SMILES string of the molecule is O=C(Cl)c1cc(Cl)c(F)c(C(F)F)n1. The van der Waals surface area contributed by atoms with Crippen molar-refractivity contribution in [1.29, 1.82) is 0 Å². The fourth-order valence-corrected chi connectivity index (χ4v) is 1.06. The topological polar surface area (TPSA) is 30.0 Å². The summed E-state index contributed by atoms with van der Waals surface area (Å²) >= 11 is 10.2. The Bertz CT molecular complexity index is 383. The van der Waals surface area contributed by atoms with Crippen LogP contribution in [0.3, 0.4) is 0 Å². The summed E-state index contributed by atoms with van der Waals surface area (Å²) < 4.78 is 37.1. The van der Waals surface area contributed by atoms with Crippen molar-refractivity contribution < 1.29 is 18.0 Å². The molecule has 2 nitrogen and oxygen atoms in total. The summed E-state index contributed by atoms with van der Waals surface area (Å²) in [5.41, 5.74) is -1.69. The predicted octanol–water partition coefficient (Wildman–Crippen LogP) is 3.19. The molecule has 0 fully saturated rings. The Labute approximate surface area is 86.6 Å². The number of carbonyl (C=O) groups excluding carboxylic acids is 1. The van der Waals surface area contributed by atoms with E-state index in [1.807, 2.05) is 0 Å². The van der Waals surface area contributed by atoms with E-state index in [0.29, 0.717) is 0 Å². The van der Waals surface area contributed by atoms with Gasteiger partial charge in [0.05, 0.1) is 5.02 Å². The fourth-order valence-electron chi connectivity index (χ4n) is 0.762. The molecule has 0 aliphatic heterocycles. The van der Waals surface area contributed by atoms with E-state index >= 15 is 0 Å². The zero-order valence-electron chi connectivity index (χ0n) is 6.40. The van der Waals surface area contributed by atoms with E-state index in [4.69, 9.17) is 23.2 Å². The van der Waals surface area contributed by atoms with Gasteiger partial charge in [-0.1, -0.05) is 11.6 Å². The van der Waals surface area contributed by atoms with Crippen molar-refractivity contribution in [2.24, 2.45) is 0 Å². The van der Waals surface area contributed by atoms with Gasteiger partial charge in [-0.15, -0.1) is 0 Å². The number of hydrogen-bond donors (Lipinski definition) is 0. The molecule has 0 spiro atoms. The Morgan fingerprint density at radius 1 is 1.50 bits per heavy atom. The van der Waals surface area contributed by atoms with E-state index in [-0.39, 0.29) is 0 Å². The van der Waals surface area contributed by atoms with Gasteiger partial charge >= 0.3 is 0 Å². The van der Waals surface area contributed by atoms with Crippen LogP contribution in [0.1, 0.15) is 22.6 Å². The van der Waals surface area contributed by atoms with Crippen LogP contribution in [-0.2, 0) is 0 Å². The molecule has 7 heteroatoms. The van der Waals surface area contributed by atoms with Crippen molar-refractivity contribution in [2.45, 2.75) is 6.43 Å². The smallest absolute Gasteiger partial charge is 0.274 e. The second-order valence-electron chi connectivity index (χ2n) is 2.26. The molecule has 0 aromatic carbocycles. The van der Waals surface area contributed by atoms with E-state index < -0.39 is 33.9 Å². The molecule has 0 aliphatic rings. The molecular formula is C7H2Cl2F3NO. The lowest BCUT2D eigenvalue weighted by Crippen LogP contribution is -2.03. The molecule has 0 bridgehead atoms. The van der Waals surface area contributed by atoms with Crippen molar-refractivity contribution in [3.8, 4) is 0 Å². The Morgan fingerprint density at radius 3 is 2.50 bits per heavy atom. The number of hydrogen-bond acceptors (Lipinski definition) is 2. The minimum atomic E-state index is -3.15. The minimum Gasteiger partial charge on any atom is -0.274 e. The highest BCUT2D eigenvalue weighted by Crippen LogP contribution is 2.26. The average molecular weight is 244 g/mol. The lowest BCUT2D eigenvalue weighted by atomic mass is 10.3. The zero-order valence-corrected chi connectivity index (χ0v) is 7.91. The van der Waals surface area contributed by atoms with Gasteiger partial charge in [0.2, 0.25) is 0 Å². The van der Waals surface area contributed by atoms with E-state index in [2.05, 4.69) is 4.98 Å². The lowest BCUT2D eigenvalue weighted by Gasteiger charge is -2.03. The number of nitrogens with zero attached hydrogens (tertiary/aromatic N) is 1. The number of pyridine rings is 1. The van der Waals surface area contributed by atoms with Gasteiger partial charge in [-0.2, -0.15) is 0 Å². The molecule has 14 heavy (non-hydrogen) atoms. The fraction of sp³-hybridized carbons (Fsp3) is 0.143. The van der Waals surface area contributed by atoms with Crippen LogP contribution in [-0.4, -0.2) is 10.2 Å². The summed E-state index contributed by atoms with van der Waals surface area (Å²) in [6.07, 6.45) is -3.15. The van der Waals surface area contributed by atoms with Crippen LogP contribution in [0, 0.1) is 5.82 Å². The van der Waals surface area contributed by atoms with Gasteiger partial charge in [-0.05, 0) is 17.7 Å². The van der Waals surface area contributed by atoms with Crippen LogP contribution >= 0.6 is 23.2 Å². The van der Waals surface area contributed by atoms with Gasteiger partial charge in [0.15, 0.2) is 5.82 Å². The minimum absolute atomic E-state index is 0.506. The number of rotatable bonds is 2. The third-order valence-corrected chi connectivity index (χ3v) is 1.82. The molecule has 0 N–H and O–H groups in total. The summed E-state index contributed by atoms with van der Waals surface area (Å²) in [5, 5.41) is -1.69. The number of halogens is 5. The van der Waals surface area contributed by atoms with Crippen molar-refractivity contribution in [1.82, 2.24) is 4.98 Å². The molecule has 76 valence electrons. The number of aromatic nitrogens is 1. The van der Waals surface area contributed by atoms with E-state index in [0.717, 1.165) is 6.07 Å². The molecule has 1 rings (SSSR count). The second kappa shape index (κ2) is 4.14. The molecule has 0 aliphatic carbocycles. The lowest BCUT2D eigenvalue weighted by molar-refractivity contribution is 0.107. The molecule has 0 saturated heterocycles. The summed E-state index contributed by atoms with van der Waals surface area (Å²) in [6.45, 7) is 0. The molecule has 1 heterocycles. The highest BCUT2D eigenvalue weighted by Gasteiger charge is 2.21. The third-order valence-electron chi connectivity index (χ3n) is 1.35. The van der Waals surface area contributed by atoms with Gasteiger partial charge in [-0.25, -0.2) is 18.2 Å². The van der Waals surface area contributed by atoms with Crippen LogP contribution in [0.5, 0.6) is 0 Å². The standard InChI is InChI=1S/C7H2Cl2F3NO/c8-2-1-3(6(9)14)13-5(4(2)10)7(11)12/h1,7H. The van der Waals surface area contributed by atoms with E-state index in [1.54, 1.807) is 0 Å². The molecule has 0 saturated carbocycles. The molecule has 1 aromatic heterocycles. The van der Waals surface area contributed by atoms with Crippen molar-refractivity contribution in [3.05, 3.63) is 28.3 Å². The van der Waals surface area contributed by atoms with E-state index in [9.17, 15) is 18.0 Å². The third kappa shape index (κ3) is 2.16. The molecule has 0 amide bonds. The van der Waals surface area contributed by atoms with Crippen LogP contribution in [0.15, 0.2) is 6.07 Å². The molecular weight excluding hydrogens is 242 g/mol. The zero-order chi connectivity index (χ0) is 10.9. The Balaban J connectivity index is 3.35.